The largest absolute Gasteiger partial charge is 0.493 e. The molecule has 0 radical (unpaired) electrons. The number of imidazole rings is 1. The fourth-order valence-corrected chi connectivity index (χ4v) is 4.59. The first-order chi connectivity index (χ1) is 15.7. The average Bonchev–Trinajstić information content (AvgIpc) is 3.36. The van der Waals surface area contributed by atoms with Crippen LogP contribution in [0, 0.1) is 11.8 Å². The number of amides is 1. The molecule has 33 heavy (non-hydrogen) atoms. The lowest BCUT2D eigenvalue weighted by Gasteiger charge is -2.37. The van der Waals surface area contributed by atoms with Crippen LogP contribution in [0.1, 0.15) is 44.1 Å². The second kappa shape index (κ2) is 11.9. The van der Waals surface area contributed by atoms with Crippen molar-refractivity contribution in [3.8, 4) is 11.5 Å². The van der Waals surface area contributed by atoms with Gasteiger partial charge in [0.2, 0.25) is 5.91 Å². The van der Waals surface area contributed by atoms with Gasteiger partial charge in [-0.1, -0.05) is 25.0 Å². The number of hydrogen-bond acceptors (Lipinski definition) is 5. The molecule has 1 aromatic heterocycles. The molecule has 0 fully saturated rings. The molecule has 1 amide bonds. The van der Waals surface area contributed by atoms with Crippen LogP contribution in [0.4, 0.5) is 0 Å². The van der Waals surface area contributed by atoms with Crippen LogP contribution in [0.5, 0.6) is 11.5 Å². The first kappa shape index (κ1) is 24.8. The van der Waals surface area contributed by atoms with E-state index in [-0.39, 0.29) is 30.2 Å². The third-order valence-corrected chi connectivity index (χ3v) is 6.36. The Morgan fingerprint density at radius 2 is 1.70 bits per heavy atom. The summed E-state index contributed by atoms with van der Waals surface area (Å²) >= 11 is 0. The molecule has 0 saturated heterocycles. The van der Waals surface area contributed by atoms with Crippen LogP contribution in [0.15, 0.2) is 54.2 Å². The zero-order chi connectivity index (χ0) is 22.3. The maximum Gasteiger partial charge on any atom is 0.246 e. The van der Waals surface area contributed by atoms with E-state index in [2.05, 4.69) is 21.7 Å². The fraction of sp³-hybridized carbons (Fsp3) is 0.480. The number of hydrogen-bond donors (Lipinski definition) is 0. The quantitative estimate of drug-likeness (QED) is 0.371. The van der Waals surface area contributed by atoms with Crippen molar-refractivity contribution in [1.82, 2.24) is 14.6 Å². The first-order valence-corrected chi connectivity index (χ1v) is 11.4. The number of carbonyl (C=O) groups excluding carboxylic acids is 1. The van der Waals surface area contributed by atoms with E-state index in [1.165, 1.54) is 0 Å². The molecule has 8 heteroatoms. The number of allylic oxidation sites excluding steroid dienone is 2. The van der Waals surface area contributed by atoms with Crippen molar-refractivity contribution in [1.29, 1.82) is 0 Å². The van der Waals surface area contributed by atoms with E-state index in [1.807, 2.05) is 36.9 Å². The molecule has 2 aliphatic rings. The summed E-state index contributed by atoms with van der Waals surface area (Å²) in [4.78, 5) is 17.2. The molecule has 178 valence electrons. The highest BCUT2D eigenvalue weighted by molar-refractivity contribution is 6.07. The molecule has 2 atom stereocenters. The van der Waals surface area contributed by atoms with E-state index in [1.54, 1.807) is 19.2 Å². The van der Waals surface area contributed by atoms with Crippen LogP contribution < -0.4 is 9.47 Å². The SMILES string of the molecule is COc1ccc(C2=NN(CCCCCCn3ccnc3)C(=O)[C@@H]3CC=CC[C@H]23)cc1OC.Cl. The number of halogens is 1. The summed E-state index contributed by atoms with van der Waals surface area (Å²) in [6, 6.07) is 5.89. The van der Waals surface area contributed by atoms with Gasteiger partial charge in [0.15, 0.2) is 11.5 Å². The summed E-state index contributed by atoms with van der Waals surface area (Å²) in [6.45, 7) is 1.65. The van der Waals surface area contributed by atoms with Crippen molar-refractivity contribution in [3.63, 3.8) is 0 Å². The van der Waals surface area contributed by atoms with Crippen molar-refractivity contribution in [2.24, 2.45) is 16.9 Å². The van der Waals surface area contributed by atoms with Gasteiger partial charge in [0.05, 0.1) is 32.2 Å². The van der Waals surface area contributed by atoms with Gasteiger partial charge in [-0.25, -0.2) is 9.99 Å². The zero-order valence-corrected chi connectivity index (χ0v) is 20.2. The van der Waals surface area contributed by atoms with Crippen LogP contribution in [-0.2, 0) is 11.3 Å². The predicted molar refractivity (Wildman–Crippen MR) is 131 cm³/mol. The van der Waals surface area contributed by atoms with Gasteiger partial charge in [0, 0.05) is 37.0 Å². The van der Waals surface area contributed by atoms with Gasteiger partial charge < -0.3 is 14.0 Å². The summed E-state index contributed by atoms with van der Waals surface area (Å²) in [5, 5.41) is 6.58. The number of nitrogens with zero attached hydrogens (tertiary/aromatic N) is 4. The number of benzene rings is 1. The molecule has 0 bridgehead atoms. The Hall–Kier alpha value is -2.80. The molecular weight excluding hydrogens is 440 g/mol. The lowest BCUT2D eigenvalue weighted by Crippen LogP contribution is -2.45. The van der Waals surface area contributed by atoms with Crippen LogP contribution in [0.3, 0.4) is 0 Å². The van der Waals surface area contributed by atoms with Crippen molar-refractivity contribution in [2.75, 3.05) is 20.8 Å². The lowest BCUT2D eigenvalue weighted by molar-refractivity contribution is -0.137. The topological polar surface area (TPSA) is 69.0 Å². The maximum atomic E-state index is 13.2. The number of ether oxygens (including phenoxy) is 2. The number of aryl methyl sites for hydroxylation is 1. The minimum atomic E-state index is -0.0400. The second-order valence-corrected chi connectivity index (χ2v) is 8.39. The highest BCUT2D eigenvalue weighted by Gasteiger charge is 2.39. The van der Waals surface area contributed by atoms with Gasteiger partial charge in [-0.3, -0.25) is 4.79 Å². The highest BCUT2D eigenvalue weighted by Crippen LogP contribution is 2.37. The number of fused-ring (bicyclic) bond motifs is 1. The summed E-state index contributed by atoms with van der Waals surface area (Å²) in [5.41, 5.74) is 1.96. The van der Waals surface area contributed by atoms with Crippen molar-refractivity contribution >= 4 is 24.0 Å². The molecule has 2 aromatic rings. The summed E-state index contributed by atoms with van der Waals surface area (Å²) in [5.74, 6) is 1.59. The van der Waals surface area contributed by atoms with Gasteiger partial charge >= 0.3 is 0 Å². The molecule has 0 unspecified atom stereocenters. The zero-order valence-electron chi connectivity index (χ0n) is 19.4. The normalized spacial score (nSPS) is 19.5. The number of rotatable bonds is 10. The average molecular weight is 473 g/mol. The third kappa shape index (κ3) is 5.77. The van der Waals surface area contributed by atoms with E-state index < -0.39 is 0 Å². The van der Waals surface area contributed by atoms with Crippen molar-refractivity contribution in [3.05, 3.63) is 54.6 Å². The van der Waals surface area contributed by atoms with E-state index >= 15 is 0 Å². The van der Waals surface area contributed by atoms with Gasteiger partial charge in [0.25, 0.3) is 0 Å². The Bertz CT molecular complexity index is 974. The van der Waals surface area contributed by atoms with Crippen LogP contribution >= 0.6 is 12.4 Å². The molecule has 7 nitrogen and oxygen atoms in total. The van der Waals surface area contributed by atoms with Gasteiger partial charge in [-0.05, 0) is 43.9 Å². The summed E-state index contributed by atoms with van der Waals surface area (Å²) < 4.78 is 13.0. The molecule has 0 saturated carbocycles. The molecule has 0 spiro atoms. The van der Waals surface area contributed by atoms with E-state index in [9.17, 15) is 4.79 Å². The van der Waals surface area contributed by atoms with Crippen molar-refractivity contribution < 1.29 is 14.3 Å². The Morgan fingerprint density at radius 1 is 0.970 bits per heavy atom. The Labute approximate surface area is 201 Å². The number of aromatic nitrogens is 2. The summed E-state index contributed by atoms with van der Waals surface area (Å²) in [7, 11) is 3.27. The smallest absolute Gasteiger partial charge is 0.246 e. The van der Waals surface area contributed by atoms with Gasteiger partial charge in [-0.2, -0.15) is 5.10 Å². The van der Waals surface area contributed by atoms with Crippen molar-refractivity contribution in [2.45, 2.75) is 45.1 Å². The second-order valence-electron chi connectivity index (χ2n) is 8.39. The standard InChI is InChI=1S/C25H32N4O3.ClH/c1-31-22-12-11-19(17-23(22)32-2)24-20-9-5-6-10-21(20)25(30)29(27-24)15-8-4-3-7-14-28-16-13-26-18-28;/h5-6,11-13,16-18,20-21H,3-4,7-10,14-15H2,1-2H3;1H/t20-,21+;/m0./s1. The van der Waals surface area contributed by atoms with Gasteiger partial charge in [-0.15, -0.1) is 12.4 Å². The Morgan fingerprint density at radius 3 is 2.39 bits per heavy atom. The molecule has 1 aliphatic heterocycles. The molecule has 0 N–H and O–H groups in total. The van der Waals surface area contributed by atoms with Gasteiger partial charge in [0.1, 0.15) is 0 Å². The first-order valence-electron chi connectivity index (χ1n) is 11.4. The number of methoxy groups -OCH3 is 2. The molecule has 1 aromatic carbocycles. The maximum absolute atomic E-state index is 13.2. The number of hydrazone groups is 1. The summed E-state index contributed by atoms with van der Waals surface area (Å²) in [6.07, 6.45) is 15.8. The third-order valence-electron chi connectivity index (χ3n) is 6.36. The monoisotopic (exact) mass is 472 g/mol. The minimum Gasteiger partial charge on any atom is -0.493 e. The van der Waals surface area contributed by atoms with E-state index in [0.717, 1.165) is 56.3 Å². The molecular formula is C25H33ClN4O3. The molecule has 1 aliphatic carbocycles. The molecule has 2 heterocycles. The van der Waals surface area contributed by atoms with E-state index in [0.29, 0.717) is 18.0 Å². The number of carbonyl (C=O) groups is 1. The Kier molecular flexibility index (Phi) is 8.95. The van der Waals surface area contributed by atoms with Crippen LogP contribution in [0.25, 0.3) is 0 Å². The fourth-order valence-electron chi connectivity index (χ4n) is 4.59. The molecule has 4 rings (SSSR count). The number of unbranched alkanes of at least 4 members (excludes halogenated alkanes) is 3. The Balaban J connectivity index is 0.00000306. The van der Waals surface area contributed by atoms with Crippen LogP contribution in [-0.4, -0.2) is 46.9 Å². The van der Waals surface area contributed by atoms with E-state index in [4.69, 9.17) is 14.6 Å². The van der Waals surface area contributed by atoms with Crippen LogP contribution in [0.2, 0.25) is 0 Å². The predicted octanol–water partition coefficient (Wildman–Crippen LogP) is 4.71. The lowest BCUT2D eigenvalue weighted by atomic mass is 9.76. The minimum absolute atomic E-state index is 0. The highest BCUT2D eigenvalue weighted by atomic mass is 35.5.